The van der Waals surface area contributed by atoms with Gasteiger partial charge in [0.2, 0.25) is 5.91 Å². The number of benzene rings is 1. The summed E-state index contributed by atoms with van der Waals surface area (Å²) in [6.07, 6.45) is 9.99. The van der Waals surface area contributed by atoms with Gasteiger partial charge in [0, 0.05) is 32.6 Å². The van der Waals surface area contributed by atoms with E-state index in [-0.39, 0.29) is 0 Å². The Kier molecular flexibility index (Phi) is 5.12. The van der Waals surface area contributed by atoms with Gasteiger partial charge in [-0.25, -0.2) is 0 Å². The monoisotopic (exact) mass is 340 g/mol. The number of amides is 1. The topological polar surface area (TPSA) is 32.3 Å². The summed E-state index contributed by atoms with van der Waals surface area (Å²) in [4.78, 5) is 14.6. The number of carbonyl (C=O) groups excluding carboxylic acids is 1. The van der Waals surface area contributed by atoms with Gasteiger partial charge in [-0.1, -0.05) is 43.2 Å². The SMILES string of the molecule is O=C(CCC1CC2CCCC(c3ccccc3)(C2)C1)N1CCNCC1. The molecule has 1 aromatic rings. The number of hydrogen-bond donors (Lipinski definition) is 1. The summed E-state index contributed by atoms with van der Waals surface area (Å²) in [5, 5.41) is 3.33. The molecule has 1 amide bonds. The minimum absolute atomic E-state index is 0.381. The van der Waals surface area contributed by atoms with Crippen molar-refractivity contribution >= 4 is 5.91 Å². The fourth-order valence-electron chi connectivity index (χ4n) is 5.77. The highest BCUT2D eigenvalue weighted by Crippen LogP contribution is 2.53. The third kappa shape index (κ3) is 3.76. The molecule has 3 atom stereocenters. The van der Waals surface area contributed by atoms with Crippen LogP contribution in [0.4, 0.5) is 0 Å². The van der Waals surface area contributed by atoms with E-state index in [9.17, 15) is 4.79 Å². The van der Waals surface area contributed by atoms with E-state index in [2.05, 4.69) is 40.5 Å². The van der Waals surface area contributed by atoms with Crippen molar-refractivity contribution in [1.29, 1.82) is 0 Å². The second-order valence-electron chi connectivity index (χ2n) is 8.58. The first-order chi connectivity index (χ1) is 12.3. The molecule has 0 radical (unpaired) electrons. The van der Waals surface area contributed by atoms with Crippen molar-refractivity contribution < 1.29 is 4.79 Å². The van der Waals surface area contributed by atoms with Crippen LogP contribution in [0.25, 0.3) is 0 Å². The van der Waals surface area contributed by atoms with E-state index in [0.29, 0.717) is 11.3 Å². The molecule has 2 aliphatic carbocycles. The summed E-state index contributed by atoms with van der Waals surface area (Å²) in [6.45, 7) is 3.68. The molecular formula is C22H32N2O. The summed E-state index contributed by atoms with van der Waals surface area (Å²) in [5.41, 5.74) is 1.95. The van der Waals surface area contributed by atoms with Crippen LogP contribution < -0.4 is 5.32 Å². The van der Waals surface area contributed by atoms with Gasteiger partial charge in [0.25, 0.3) is 0 Å². The van der Waals surface area contributed by atoms with E-state index in [4.69, 9.17) is 0 Å². The van der Waals surface area contributed by atoms with E-state index in [1.165, 1.54) is 38.5 Å². The van der Waals surface area contributed by atoms with Crippen LogP contribution in [0.3, 0.4) is 0 Å². The highest BCUT2D eigenvalue weighted by molar-refractivity contribution is 5.76. The van der Waals surface area contributed by atoms with Crippen LogP contribution in [-0.2, 0) is 10.2 Å². The van der Waals surface area contributed by atoms with E-state index in [1.54, 1.807) is 5.56 Å². The van der Waals surface area contributed by atoms with Gasteiger partial charge in [-0.05, 0) is 54.9 Å². The largest absolute Gasteiger partial charge is 0.340 e. The van der Waals surface area contributed by atoms with Crippen LogP contribution in [-0.4, -0.2) is 37.0 Å². The van der Waals surface area contributed by atoms with E-state index < -0.39 is 0 Å². The first kappa shape index (κ1) is 17.1. The molecule has 2 saturated carbocycles. The Labute approximate surface area is 152 Å². The van der Waals surface area contributed by atoms with Gasteiger partial charge < -0.3 is 10.2 Å². The Bertz CT molecular complexity index is 581. The van der Waals surface area contributed by atoms with Crippen LogP contribution in [0.2, 0.25) is 0 Å². The molecule has 0 spiro atoms. The summed E-state index contributed by atoms with van der Waals surface area (Å²) in [7, 11) is 0. The minimum Gasteiger partial charge on any atom is -0.340 e. The number of fused-ring (bicyclic) bond motifs is 2. The first-order valence-corrected chi connectivity index (χ1v) is 10.3. The zero-order chi connectivity index (χ0) is 17.1. The number of nitrogens with zero attached hydrogens (tertiary/aromatic N) is 1. The van der Waals surface area contributed by atoms with E-state index in [1.807, 2.05) is 0 Å². The Hall–Kier alpha value is -1.35. The van der Waals surface area contributed by atoms with Crippen molar-refractivity contribution in [2.75, 3.05) is 26.2 Å². The van der Waals surface area contributed by atoms with Crippen molar-refractivity contribution in [3.63, 3.8) is 0 Å². The van der Waals surface area contributed by atoms with Crippen molar-refractivity contribution in [3.8, 4) is 0 Å². The average molecular weight is 341 g/mol. The smallest absolute Gasteiger partial charge is 0.222 e. The molecule has 136 valence electrons. The molecule has 2 bridgehead atoms. The number of rotatable bonds is 4. The van der Waals surface area contributed by atoms with Gasteiger partial charge in [0.15, 0.2) is 0 Å². The van der Waals surface area contributed by atoms with Gasteiger partial charge in [-0.2, -0.15) is 0 Å². The van der Waals surface area contributed by atoms with Crippen molar-refractivity contribution in [2.45, 2.75) is 56.8 Å². The Morgan fingerprint density at radius 2 is 1.96 bits per heavy atom. The summed E-state index contributed by atoms with van der Waals surface area (Å²) < 4.78 is 0. The Morgan fingerprint density at radius 1 is 1.16 bits per heavy atom. The summed E-state index contributed by atoms with van der Waals surface area (Å²) in [5.74, 6) is 1.99. The van der Waals surface area contributed by atoms with E-state index >= 15 is 0 Å². The third-order valence-electron chi connectivity index (χ3n) is 6.92. The van der Waals surface area contributed by atoms with Crippen molar-refractivity contribution in [2.24, 2.45) is 11.8 Å². The molecule has 1 saturated heterocycles. The van der Waals surface area contributed by atoms with Crippen molar-refractivity contribution in [3.05, 3.63) is 35.9 Å². The zero-order valence-corrected chi connectivity index (χ0v) is 15.4. The lowest BCUT2D eigenvalue weighted by molar-refractivity contribution is -0.132. The molecule has 0 aromatic heterocycles. The lowest BCUT2D eigenvalue weighted by Crippen LogP contribution is -2.46. The second-order valence-corrected chi connectivity index (χ2v) is 8.58. The third-order valence-corrected chi connectivity index (χ3v) is 6.92. The molecule has 3 unspecified atom stereocenters. The first-order valence-electron chi connectivity index (χ1n) is 10.3. The Morgan fingerprint density at radius 3 is 2.76 bits per heavy atom. The number of carbonyl (C=O) groups is 1. The van der Waals surface area contributed by atoms with Gasteiger partial charge in [-0.15, -0.1) is 0 Å². The van der Waals surface area contributed by atoms with Crippen LogP contribution in [0.1, 0.15) is 56.9 Å². The van der Waals surface area contributed by atoms with E-state index in [0.717, 1.165) is 50.9 Å². The second kappa shape index (κ2) is 7.49. The molecule has 3 aliphatic rings. The molecule has 25 heavy (non-hydrogen) atoms. The normalized spacial score (nSPS) is 32.4. The minimum atomic E-state index is 0.381. The maximum absolute atomic E-state index is 12.5. The number of nitrogens with one attached hydrogen (secondary N) is 1. The zero-order valence-electron chi connectivity index (χ0n) is 15.4. The number of hydrogen-bond acceptors (Lipinski definition) is 2. The molecule has 1 N–H and O–H groups in total. The fraction of sp³-hybridized carbons (Fsp3) is 0.682. The Balaban J connectivity index is 1.40. The highest BCUT2D eigenvalue weighted by Gasteiger charge is 2.43. The van der Waals surface area contributed by atoms with Gasteiger partial charge >= 0.3 is 0 Å². The predicted molar refractivity (Wildman–Crippen MR) is 101 cm³/mol. The molecule has 1 aromatic carbocycles. The predicted octanol–water partition coefficient (Wildman–Crippen LogP) is 3.74. The van der Waals surface area contributed by atoms with Crippen molar-refractivity contribution in [1.82, 2.24) is 10.2 Å². The molecule has 1 aliphatic heterocycles. The lowest BCUT2D eigenvalue weighted by atomic mass is 9.56. The molecule has 1 heterocycles. The standard InChI is InChI=1S/C22H32N2O/c25-21(24-13-11-23-12-14-24)9-8-19-15-18-5-4-10-22(16-18,17-19)20-6-2-1-3-7-20/h1-3,6-7,18-19,23H,4-5,8-17H2. The molecule has 4 rings (SSSR count). The molecular weight excluding hydrogens is 308 g/mol. The van der Waals surface area contributed by atoms with Crippen LogP contribution in [0.15, 0.2) is 30.3 Å². The summed E-state index contributed by atoms with van der Waals surface area (Å²) >= 11 is 0. The van der Waals surface area contributed by atoms with Gasteiger partial charge in [-0.3, -0.25) is 4.79 Å². The fourth-order valence-corrected chi connectivity index (χ4v) is 5.77. The molecule has 3 fully saturated rings. The van der Waals surface area contributed by atoms with Gasteiger partial charge in [0.1, 0.15) is 0 Å². The summed E-state index contributed by atoms with van der Waals surface area (Å²) in [6, 6.07) is 11.2. The van der Waals surface area contributed by atoms with Crippen LogP contribution in [0.5, 0.6) is 0 Å². The van der Waals surface area contributed by atoms with Crippen LogP contribution in [0, 0.1) is 11.8 Å². The lowest BCUT2D eigenvalue weighted by Gasteiger charge is -2.49. The van der Waals surface area contributed by atoms with Gasteiger partial charge in [0.05, 0.1) is 0 Å². The molecule has 3 nitrogen and oxygen atoms in total. The van der Waals surface area contributed by atoms with Crippen LogP contribution >= 0.6 is 0 Å². The maximum Gasteiger partial charge on any atom is 0.222 e. The quantitative estimate of drug-likeness (QED) is 0.906. The number of piperazine rings is 1. The highest BCUT2D eigenvalue weighted by atomic mass is 16.2. The molecule has 3 heteroatoms. The maximum atomic E-state index is 12.5. The average Bonchev–Trinajstić information content (AvgIpc) is 2.67.